The van der Waals surface area contributed by atoms with E-state index < -0.39 is 0 Å². The van der Waals surface area contributed by atoms with Gasteiger partial charge in [0.1, 0.15) is 0 Å². The first-order valence-electron chi connectivity index (χ1n) is 2.28. The van der Waals surface area contributed by atoms with Crippen molar-refractivity contribution in [2.75, 3.05) is 24.9 Å². The van der Waals surface area contributed by atoms with Crippen LogP contribution in [-0.4, -0.2) is 24.9 Å². The Labute approximate surface area is 55.8 Å². The summed E-state index contributed by atoms with van der Waals surface area (Å²) >= 11 is 0. The minimum absolute atomic E-state index is 0.316. The van der Waals surface area contributed by atoms with E-state index in [1.54, 1.807) is 0 Å². The molecule has 0 saturated carbocycles. The van der Waals surface area contributed by atoms with Crippen LogP contribution < -0.4 is 0 Å². The third-order valence-corrected chi connectivity index (χ3v) is 2.71. The molecule has 4 heteroatoms. The van der Waals surface area contributed by atoms with Crippen LogP contribution in [0.3, 0.4) is 0 Å². The van der Waals surface area contributed by atoms with Gasteiger partial charge in [0, 0.05) is 11.5 Å². The number of alkyl halides is 2. The van der Waals surface area contributed by atoms with Crippen molar-refractivity contribution in [2.24, 2.45) is 0 Å². The van der Waals surface area contributed by atoms with E-state index >= 15 is 0 Å². The van der Waals surface area contributed by atoms with Crippen LogP contribution in [0.5, 0.6) is 0 Å². The lowest BCUT2D eigenvalue weighted by Crippen LogP contribution is -1.79. The molecular weight excluding hydrogens is 150 g/mol. The molecule has 0 aromatic rings. The van der Waals surface area contributed by atoms with Crippen LogP contribution in [0.4, 0.5) is 8.78 Å². The van der Waals surface area contributed by atoms with E-state index in [-0.39, 0.29) is 13.3 Å². The van der Waals surface area contributed by atoms with Gasteiger partial charge in [0.2, 0.25) is 0 Å². The van der Waals surface area contributed by atoms with Gasteiger partial charge in [-0.05, 0) is 0 Å². The first-order valence-corrected chi connectivity index (χ1v) is 4.77. The average molecular weight is 158 g/mol. The van der Waals surface area contributed by atoms with Crippen molar-refractivity contribution >= 4 is 21.6 Å². The normalized spacial score (nSPS) is 9.75. The van der Waals surface area contributed by atoms with Gasteiger partial charge in [0.15, 0.2) is 0 Å². The van der Waals surface area contributed by atoms with Crippen molar-refractivity contribution in [1.29, 1.82) is 0 Å². The Bertz CT molecular complexity index is 37.0. The minimum Gasteiger partial charge on any atom is -0.250 e. The third-order valence-electron chi connectivity index (χ3n) is 0.404. The number of rotatable bonds is 5. The molecule has 0 rings (SSSR count). The van der Waals surface area contributed by atoms with E-state index in [4.69, 9.17) is 0 Å². The summed E-state index contributed by atoms with van der Waals surface area (Å²) in [5.41, 5.74) is 0. The van der Waals surface area contributed by atoms with Crippen molar-refractivity contribution in [3.63, 3.8) is 0 Å². The molecule has 0 saturated heterocycles. The molecule has 0 N–H and O–H groups in total. The Hall–Kier alpha value is 0.560. The van der Waals surface area contributed by atoms with Crippen LogP contribution in [0.15, 0.2) is 0 Å². The second-order valence-electron chi connectivity index (χ2n) is 1.02. The average Bonchev–Trinajstić information content (AvgIpc) is 1.81. The Morgan fingerprint density at radius 1 is 0.875 bits per heavy atom. The molecule has 0 radical (unpaired) electrons. The number of halogens is 2. The van der Waals surface area contributed by atoms with E-state index in [1.807, 2.05) is 0 Å². The molecule has 0 aromatic heterocycles. The first-order chi connectivity index (χ1) is 3.91. The lowest BCUT2D eigenvalue weighted by Gasteiger charge is -1.91. The van der Waals surface area contributed by atoms with Gasteiger partial charge >= 0.3 is 0 Å². The molecule has 0 atom stereocenters. The predicted molar refractivity (Wildman–Crippen MR) is 36.9 cm³/mol. The monoisotopic (exact) mass is 158 g/mol. The quantitative estimate of drug-likeness (QED) is 0.445. The molecule has 50 valence electrons. The fraction of sp³-hybridized carbons (Fsp3) is 1.00. The Morgan fingerprint density at radius 3 is 1.50 bits per heavy atom. The van der Waals surface area contributed by atoms with Crippen molar-refractivity contribution in [3.05, 3.63) is 0 Å². The van der Waals surface area contributed by atoms with Crippen molar-refractivity contribution in [3.8, 4) is 0 Å². The van der Waals surface area contributed by atoms with Crippen molar-refractivity contribution in [1.82, 2.24) is 0 Å². The summed E-state index contributed by atoms with van der Waals surface area (Å²) in [4.78, 5) is 0. The molecule has 0 aromatic carbocycles. The summed E-state index contributed by atoms with van der Waals surface area (Å²) in [5.74, 6) is 0.954. The minimum atomic E-state index is -0.316. The zero-order valence-corrected chi connectivity index (χ0v) is 6.03. The molecule has 0 heterocycles. The Kier molecular flexibility index (Phi) is 8.09. The highest BCUT2D eigenvalue weighted by atomic mass is 33.1. The molecule has 0 aliphatic heterocycles. The standard InChI is InChI=1S/C4H8F2S2/c5-1-3-7-8-4-2-6/h1-4H2. The van der Waals surface area contributed by atoms with Crippen LogP contribution in [0.1, 0.15) is 0 Å². The third kappa shape index (κ3) is 6.56. The Balaban J connectivity index is 2.53. The second kappa shape index (κ2) is 7.56. The molecule has 0 aliphatic rings. The van der Waals surface area contributed by atoms with Crippen LogP contribution in [0, 0.1) is 0 Å². The van der Waals surface area contributed by atoms with Crippen LogP contribution in [-0.2, 0) is 0 Å². The fourth-order valence-electron chi connectivity index (χ4n) is 0.181. The van der Waals surface area contributed by atoms with Gasteiger partial charge in [-0.25, -0.2) is 0 Å². The maximum absolute atomic E-state index is 11.3. The molecular formula is C4H8F2S2. The molecule has 0 nitrogen and oxygen atoms in total. The summed E-state index contributed by atoms with van der Waals surface area (Å²) in [6.45, 7) is -0.631. The summed E-state index contributed by atoms with van der Waals surface area (Å²) in [7, 11) is 2.76. The van der Waals surface area contributed by atoms with Gasteiger partial charge in [-0.3, -0.25) is 8.78 Å². The second-order valence-corrected chi connectivity index (χ2v) is 3.72. The van der Waals surface area contributed by atoms with E-state index in [0.717, 1.165) is 0 Å². The van der Waals surface area contributed by atoms with Gasteiger partial charge in [-0.1, -0.05) is 21.6 Å². The van der Waals surface area contributed by atoms with E-state index in [9.17, 15) is 8.78 Å². The van der Waals surface area contributed by atoms with E-state index in [2.05, 4.69) is 0 Å². The highest BCUT2D eigenvalue weighted by Gasteiger charge is 1.86. The van der Waals surface area contributed by atoms with Crippen molar-refractivity contribution in [2.45, 2.75) is 0 Å². The molecule has 0 bridgehead atoms. The largest absolute Gasteiger partial charge is 0.250 e. The number of hydrogen-bond acceptors (Lipinski definition) is 2. The van der Waals surface area contributed by atoms with Gasteiger partial charge < -0.3 is 0 Å². The molecule has 0 unspecified atom stereocenters. The SMILES string of the molecule is FCCSSCCF. The van der Waals surface area contributed by atoms with E-state index in [0.29, 0.717) is 11.5 Å². The lowest BCUT2D eigenvalue weighted by atomic mass is 10.9. The van der Waals surface area contributed by atoms with Crippen molar-refractivity contribution < 1.29 is 8.78 Å². The maximum atomic E-state index is 11.3. The van der Waals surface area contributed by atoms with Gasteiger partial charge in [0.25, 0.3) is 0 Å². The van der Waals surface area contributed by atoms with Gasteiger partial charge in [-0.15, -0.1) is 0 Å². The summed E-state index contributed by atoms with van der Waals surface area (Å²) in [6, 6.07) is 0. The van der Waals surface area contributed by atoms with Gasteiger partial charge in [0.05, 0.1) is 13.3 Å². The summed E-state index contributed by atoms with van der Waals surface area (Å²) < 4.78 is 22.6. The smallest absolute Gasteiger partial charge is 0.0993 e. The molecule has 0 amide bonds. The van der Waals surface area contributed by atoms with E-state index in [1.165, 1.54) is 21.6 Å². The highest BCUT2D eigenvalue weighted by molar-refractivity contribution is 8.76. The maximum Gasteiger partial charge on any atom is 0.0993 e. The fourth-order valence-corrected chi connectivity index (χ4v) is 1.63. The first kappa shape index (κ1) is 8.56. The molecule has 8 heavy (non-hydrogen) atoms. The van der Waals surface area contributed by atoms with Crippen LogP contribution >= 0.6 is 21.6 Å². The lowest BCUT2D eigenvalue weighted by molar-refractivity contribution is 0.532. The highest BCUT2D eigenvalue weighted by Crippen LogP contribution is 2.19. The van der Waals surface area contributed by atoms with Crippen LogP contribution in [0.25, 0.3) is 0 Å². The topological polar surface area (TPSA) is 0 Å². The summed E-state index contributed by atoms with van der Waals surface area (Å²) in [5, 5.41) is 0. The molecule has 0 spiro atoms. The zero-order valence-electron chi connectivity index (χ0n) is 4.40. The zero-order chi connectivity index (χ0) is 6.24. The Morgan fingerprint density at radius 2 is 1.25 bits per heavy atom. The predicted octanol–water partition coefficient (Wildman–Crippen LogP) is 2.31. The van der Waals surface area contributed by atoms with Crippen LogP contribution in [0.2, 0.25) is 0 Å². The summed E-state index contributed by atoms with van der Waals surface area (Å²) in [6.07, 6.45) is 0. The van der Waals surface area contributed by atoms with Gasteiger partial charge in [-0.2, -0.15) is 0 Å². The molecule has 0 aliphatic carbocycles. The number of hydrogen-bond donors (Lipinski definition) is 0. The molecule has 0 fully saturated rings.